The Hall–Kier alpha value is -0.870. The highest BCUT2D eigenvalue weighted by atomic mass is 15.4. The van der Waals surface area contributed by atoms with Crippen LogP contribution in [0.2, 0.25) is 0 Å². The average Bonchev–Trinajstić information content (AvgIpc) is 3.01. The van der Waals surface area contributed by atoms with Crippen LogP contribution in [0.4, 0.5) is 0 Å². The van der Waals surface area contributed by atoms with Crippen LogP contribution in [-0.2, 0) is 0 Å². The molecule has 3 rings (SSSR count). The molecule has 0 spiro atoms. The molecule has 16 heavy (non-hydrogen) atoms. The third-order valence-electron chi connectivity index (χ3n) is 3.79. The van der Waals surface area contributed by atoms with Gasteiger partial charge in [0.1, 0.15) is 6.17 Å². The zero-order chi connectivity index (χ0) is 10.8. The molecule has 0 bridgehead atoms. The van der Waals surface area contributed by atoms with Gasteiger partial charge in [-0.15, -0.1) is 0 Å². The Kier molecular flexibility index (Phi) is 2.93. The van der Waals surface area contributed by atoms with Gasteiger partial charge in [-0.2, -0.15) is 5.10 Å². The van der Waals surface area contributed by atoms with Crippen LogP contribution in [0.25, 0.3) is 0 Å². The number of aromatic nitrogens is 2. The van der Waals surface area contributed by atoms with E-state index in [2.05, 4.69) is 32.8 Å². The van der Waals surface area contributed by atoms with Gasteiger partial charge in [-0.25, -0.2) is 0 Å². The summed E-state index contributed by atoms with van der Waals surface area (Å²) in [7, 11) is 0. The summed E-state index contributed by atoms with van der Waals surface area (Å²) >= 11 is 0. The molecule has 4 nitrogen and oxygen atoms in total. The van der Waals surface area contributed by atoms with Crippen LogP contribution in [0.15, 0.2) is 12.4 Å². The van der Waals surface area contributed by atoms with Gasteiger partial charge >= 0.3 is 0 Å². The summed E-state index contributed by atoms with van der Waals surface area (Å²) in [5, 5.41) is 11.4. The maximum atomic E-state index is 4.51. The normalized spacial score (nSPS) is 27.4. The van der Waals surface area contributed by atoms with Crippen molar-refractivity contribution in [2.45, 2.75) is 37.8 Å². The van der Waals surface area contributed by atoms with Crippen molar-refractivity contribution in [3.63, 3.8) is 0 Å². The van der Waals surface area contributed by atoms with Gasteiger partial charge in [0.2, 0.25) is 0 Å². The summed E-state index contributed by atoms with van der Waals surface area (Å²) in [6.07, 6.45) is 9.75. The molecule has 2 aliphatic heterocycles. The Morgan fingerprint density at radius 1 is 1.19 bits per heavy atom. The highest BCUT2D eigenvalue weighted by Gasteiger charge is 2.20. The molecular formula is C12H20N4. The van der Waals surface area contributed by atoms with Crippen LogP contribution >= 0.6 is 0 Å². The van der Waals surface area contributed by atoms with Crippen molar-refractivity contribution in [3.8, 4) is 0 Å². The molecule has 2 fully saturated rings. The van der Waals surface area contributed by atoms with Gasteiger partial charge in [0, 0.05) is 6.20 Å². The quantitative estimate of drug-likeness (QED) is 0.788. The van der Waals surface area contributed by atoms with E-state index in [0.29, 0.717) is 6.17 Å². The highest BCUT2D eigenvalue weighted by molar-refractivity contribution is 5.12. The van der Waals surface area contributed by atoms with Crippen molar-refractivity contribution in [2.24, 2.45) is 0 Å². The first-order valence-corrected chi connectivity index (χ1v) is 6.41. The standard InChI is InChI=1S/C12H20N4/c1-2-12(14-5-1)16-9-11(8-15-16)10-3-6-13-7-4-10/h8-10,12-14H,1-7H2. The van der Waals surface area contributed by atoms with Crippen LogP contribution in [0.5, 0.6) is 0 Å². The van der Waals surface area contributed by atoms with E-state index in [4.69, 9.17) is 0 Å². The zero-order valence-corrected chi connectivity index (χ0v) is 9.65. The molecule has 4 heteroatoms. The Morgan fingerprint density at radius 2 is 2.06 bits per heavy atom. The third-order valence-corrected chi connectivity index (χ3v) is 3.79. The first kappa shape index (κ1) is 10.3. The molecule has 2 aliphatic rings. The van der Waals surface area contributed by atoms with Gasteiger partial charge in [0.15, 0.2) is 0 Å². The van der Waals surface area contributed by atoms with E-state index < -0.39 is 0 Å². The van der Waals surface area contributed by atoms with Gasteiger partial charge in [-0.05, 0) is 56.8 Å². The predicted molar refractivity (Wildman–Crippen MR) is 63.3 cm³/mol. The van der Waals surface area contributed by atoms with Gasteiger partial charge < -0.3 is 5.32 Å². The van der Waals surface area contributed by atoms with Crippen LogP contribution in [0.1, 0.15) is 43.3 Å². The summed E-state index contributed by atoms with van der Waals surface area (Å²) < 4.78 is 2.12. The monoisotopic (exact) mass is 220 g/mol. The lowest BCUT2D eigenvalue weighted by Crippen LogP contribution is -2.26. The largest absolute Gasteiger partial charge is 0.317 e. The number of piperidine rings is 1. The van der Waals surface area contributed by atoms with Crippen LogP contribution in [-0.4, -0.2) is 29.4 Å². The minimum absolute atomic E-state index is 0.440. The molecular weight excluding hydrogens is 200 g/mol. The SMILES string of the molecule is c1nn(C2CCCN2)cc1C1CCNCC1. The Labute approximate surface area is 96.4 Å². The number of nitrogens with zero attached hydrogens (tertiary/aromatic N) is 2. The minimum atomic E-state index is 0.440. The first-order chi connectivity index (χ1) is 7.93. The van der Waals surface area contributed by atoms with E-state index in [-0.39, 0.29) is 0 Å². The van der Waals surface area contributed by atoms with Crippen molar-refractivity contribution in [1.82, 2.24) is 20.4 Å². The molecule has 0 amide bonds. The second-order valence-electron chi connectivity index (χ2n) is 4.89. The molecule has 0 aliphatic carbocycles. The molecule has 1 aromatic rings. The van der Waals surface area contributed by atoms with Crippen molar-refractivity contribution in [3.05, 3.63) is 18.0 Å². The van der Waals surface area contributed by atoms with E-state index in [9.17, 15) is 0 Å². The van der Waals surface area contributed by atoms with Crippen molar-refractivity contribution in [1.29, 1.82) is 0 Å². The molecule has 1 aromatic heterocycles. The fraction of sp³-hybridized carbons (Fsp3) is 0.750. The maximum absolute atomic E-state index is 4.51. The third kappa shape index (κ3) is 1.99. The van der Waals surface area contributed by atoms with Gasteiger partial charge in [-0.1, -0.05) is 0 Å². The second kappa shape index (κ2) is 4.55. The number of hydrogen-bond donors (Lipinski definition) is 2. The fourth-order valence-electron chi connectivity index (χ4n) is 2.78. The van der Waals surface area contributed by atoms with Crippen LogP contribution < -0.4 is 10.6 Å². The summed E-state index contributed by atoms with van der Waals surface area (Å²) in [4.78, 5) is 0. The van der Waals surface area contributed by atoms with E-state index >= 15 is 0 Å². The van der Waals surface area contributed by atoms with Gasteiger partial charge in [-0.3, -0.25) is 10.00 Å². The predicted octanol–water partition coefficient (Wildman–Crippen LogP) is 1.23. The molecule has 2 N–H and O–H groups in total. The fourth-order valence-corrected chi connectivity index (χ4v) is 2.78. The molecule has 88 valence electrons. The van der Waals surface area contributed by atoms with E-state index in [1.807, 2.05) is 0 Å². The summed E-state index contributed by atoms with van der Waals surface area (Å²) in [5.74, 6) is 0.719. The van der Waals surface area contributed by atoms with Crippen molar-refractivity contribution < 1.29 is 0 Å². The Bertz CT molecular complexity index is 335. The second-order valence-corrected chi connectivity index (χ2v) is 4.89. The molecule has 3 heterocycles. The lowest BCUT2D eigenvalue weighted by atomic mass is 9.93. The van der Waals surface area contributed by atoms with Crippen LogP contribution in [0.3, 0.4) is 0 Å². The molecule has 1 atom stereocenters. The number of nitrogens with one attached hydrogen (secondary N) is 2. The maximum Gasteiger partial charge on any atom is 0.101 e. The Balaban J connectivity index is 1.71. The summed E-state index contributed by atoms with van der Waals surface area (Å²) in [6.45, 7) is 3.43. The van der Waals surface area contributed by atoms with Crippen molar-refractivity contribution >= 4 is 0 Å². The molecule has 2 saturated heterocycles. The number of hydrogen-bond acceptors (Lipinski definition) is 3. The summed E-state index contributed by atoms with van der Waals surface area (Å²) in [5.41, 5.74) is 1.43. The molecule has 0 radical (unpaired) electrons. The Morgan fingerprint density at radius 3 is 2.81 bits per heavy atom. The number of rotatable bonds is 2. The first-order valence-electron chi connectivity index (χ1n) is 6.41. The summed E-state index contributed by atoms with van der Waals surface area (Å²) in [6, 6.07) is 0. The average molecular weight is 220 g/mol. The zero-order valence-electron chi connectivity index (χ0n) is 9.65. The minimum Gasteiger partial charge on any atom is -0.317 e. The topological polar surface area (TPSA) is 41.9 Å². The molecule has 0 aromatic carbocycles. The van der Waals surface area contributed by atoms with Crippen molar-refractivity contribution in [2.75, 3.05) is 19.6 Å². The molecule has 0 saturated carbocycles. The smallest absolute Gasteiger partial charge is 0.101 e. The lowest BCUT2D eigenvalue weighted by molar-refractivity contribution is 0.422. The van der Waals surface area contributed by atoms with E-state index in [1.54, 1.807) is 0 Å². The highest BCUT2D eigenvalue weighted by Crippen LogP contribution is 2.26. The van der Waals surface area contributed by atoms with Gasteiger partial charge in [0.05, 0.1) is 6.20 Å². The van der Waals surface area contributed by atoms with E-state index in [1.165, 1.54) is 31.2 Å². The molecule has 1 unspecified atom stereocenters. The van der Waals surface area contributed by atoms with E-state index in [0.717, 1.165) is 25.6 Å². The van der Waals surface area contributed by atoms with Gasteiger partial charge in [0.25, 0.3) is 0 Å². The van der Waals surface area contributed by atoms with Crippen LogP contribution in [0, 0.1) is 0 Å². The lowest BCUT2D eigenvalue weighted by Gasteiger charge is -2.21.